The van der Waals surface area contributed by atoms with Crippen LogP contribution in [0.1, 0.15) is 10.4 Å². The standard InChI is InChI=1S/C12H12BrNS/c1-9-4-2-6-11(12(9)13)14-8-10-5-3-7-15-10/h2-7,14H,8H2,1H3. The zero-order valence-corrected chi connectivity index (χ0v) is 10.9. The number of aryl methyl sites for hydroxylation is 1. The normalized spacial score (nSPS) is 10.3. The van der Waals surface area contributed by atoms with E-state index in [4.69, 9.17) is 0 Å². The summed E-state index contributed by atoms with van der Waals surface area (Å²) >= 11 is 5.36. The topological polar surface area (TPSA) is 12.0 Å². The van der Waals surface area contributed by atoms with E-state index in [0.29, 0.717) is 0 Å². The van der Waals surface area contributed by atoms with E-state index in [0.717, 1.165) is 16.7 Å². The number of benzene rings is 1. The van der Waals surface area contributed by atoms with Crippen LogP contribution in [0.3, 0.4) is 0 Å². The maximum absolute atomic E-state index is 3.59. The third-order valence-electron chi connectivity index (χ3n) is 2.22. The van der Waals surface area contributed by atoms with Crippen LogP contribution < -0.4 is 5.32 Å². The molecule has 0 radical (unpaired) electrons. The summed E-state index contributed by atoms with van der Waals surface area (Å²) in [6.07, 6.45) is 0. The minimum atomic E-state index is 0.889. The first kappa shape index (κ1) is 10.7. The van der Waals surface area contributed by atoms with Gasteiger partial charge >= 0.3 is 0 Å². The molecule has 0 aliphatic heterocycles. The molecule has 1 heterocycles. The van der Waals surface area contributed by atoms with Gasteiger partial charge in [0.1, 0.15) is 0 Å². The lowest BCUT2D eigenvalue weighted by molar-refractivity contribution is 1.18. The maximum atomic E-state index is 3.59. The fraction of sp³-hybridized carbons (Fsp3) is 0.167. The molecule has 0 atom stereocenters. The Morgan fingerprint density at radius 1 is 1.27 bits per heavy atom. The molecule has 1 N–H and O–H groups in total. The first-order chi connectivity index (χ1) is 7.27. The molecule has 2 aromatic rings. The Balaban J connectivity index is 2.08. The van der Waals surface area contributed by atoms with Gasteiger partial charge in [-0.2, -0.15) is 0 Å². The Bertz CT molecular complexity index is 437. The SMILES string of the molecule is Cc1cccc(NCc2cccs2)c1Br. The van der Waals surface area contributed by atoms with E-state index in [-0.39, 0.29) is 0 Å². The molecule has 0 unspecified atom stereocenters. The van der Waals surface area contributed by atoms with Gasteiger partial charge in [0.2, 0.25) is 0 Å². The summed E-state index contributed by atoms with van der Waals surface area (Å²) in [6.45, 7) is 2.99. The third-order valence-corrected chi connectivity index (χ3v) is 4.15. The largest absolute Gasteiger partial charge is 0.379 e. The first-order valence-electron chi connectivity index (χ1n) is 4.79. The third kappa shape index (κ3) is 2.61. The highest BCUT2D eigenvalue weighted by Crippen LogP contribution is 2.26. The monoisotopic (exact) mass is 281 g/mol. The van der Waals surface area contributed by atoms with E-state index in [1.54, 1.807) is 11.3 Å². The highest BCUT2D eigenvalue weighted by Gasteiger charge is 2.01. The van der Waals surface area contributed by atoms with E-state index >= 15 is 0 Å². The molecule has 0 saturated carbocycles. The van der Waals surface area contributed by atoms with Crippen molar-refractivity contribution in [2.24, 2.45) is 0 Å². The molecule has 0 bridgehead atoms. The van der Waals surface area contributed by atoms with Crippen LogP contribution in [0, 0.1) is 6.92 Å². The molecule has 0 amide bonds. The van der Waals surface area contributed by atoms with Crippen molar-refractivity contribution in [2.45, 2.75) is 13.5 Å². The molecule has 0 fully saturated rings. The molecule has 15 heavy (non-hydrogen) atoms. The Hall–Kier alpha value is -0.800. The Morgan fingerprint density at radius 2 is 2.13 bits per heavy atom. The quantitative estimate of drug-likeness (QED) is 0.878. The van der Waals surface area contributed by atoms with Crippen molar-refractivity contribution in [1.82, 2.24) is 0 Å². The number of halogens is 1. The van der Waals surface area contributed by atoms with Crippen LogP contribution in [0.2, 0.25) is 0 Å². The van der Waals surface area contributed by atoms with Crippen LogP contribution in [0.4, 0.5) is 5.69 Å². The predicted molar refractivity (Wildman–Crippen MR) is 70.5 cm³/mol. The lowest BCUT2D eigenvalue weighted by Gasteiger charge is -2.08. The van der Waals surface area contributed by atoms with Crippen molar-refractivity contribution in [3.63, 3.8) is 0 Å². The zero-order valence-electron chi connectivity index (χ0n) is 8.46. The molecule has 3 heteroatoms. The molecule has 2 rings (SSSR count). The second-order valence-electron chi connectivity index (χ2n) is 3.37. The Morgan fingerprint density at radius 3 is 2.87 bits per heavy atom. The summed E-state index contributed by atoms with van der Waals surface area (Å²) in [4.78, 5) is 1.35. The molecule has 1 aromatic carbocycles. The number of hydrogen-bond donors (Lipinski definition) is 1. The van der Waals surface area contributed by atoms with Crippen molar-refractivity contribution in [2.75, 3.05) is 5.32 Å². The molecule has 0 spiro atoms. The molecule has 78 valence electrons. The number of anilines is 1. The Kier molecular flexibility index (Phi) is 3.44. The fourth-order valence-corrected chi connectivity index (χ4v) is 2.43. The summed E-state index contributed by atoms with van der Waals surface area (Å²) in [5, 5.41) is 5.52. The molecular formula is C12H12BrNS. The summed E-state index contributed by atoms with van der Waals surface area (Å²) < 4.78 is 1.15. The van der Waals surface area contributed by atoms with Crippen LogP contribution in [0.5, 0.6) is 0 Å². The van der Waals surface area contributed by atoms with Gasteiger partial charge in [-0.1, -0.05) is 18.2 Å². The molecule has 0 aliphatic carbocycles. The second kappa shape index (κ2) is 4.81. The number of thiophene rings is 1. The van der Waals surface area contributed by atoms with Crippen molar-refractivity contribution in [3.8, 4) is 0 Å². The van der Waals surface area contributed by atoms with Crippen LogP contribution in [0.15, 0.2) is 40.2 Å². The van der Waals surface area contributed by atoms with E-state index in [1.165, 1.54) is 10.4 Å². The smallest absolute Gasteiger partial charge is 0.0494 e. The summed E-state index contributed by atoms with van der Waals surface area (Å²) in [5.41, 5.74) is 2.41. The van der Waals surface area contributed by atoms with Crippen molar-refractivity contribution >= 4 is 33.0 Å². The van der Waals surface area contributed by atoms with E-state index in [1.807, 2.05) is 0 Å². The maximum Gasteiger partial charge on any atom is 0.0494 e. The summed E-state index contributed by atoms with van der Waals surface area (Å²) in [7, 11) is 0. The summed E-state index contributed by atoms with van der Waals surface area (Å²) in [5.74, 6) is 0. The van der Waals surface area contributed by atoms with Gasteiger partial charge < -0.3 is 5.32 Å². The molecule has 1 nitrogen and oxygen atoms in total. The molecule has 0 saturated heterocycles. The zero-order chi connectivity index (χ0) is 10.7. The predicted octanol–water partition coefficient (Wildman–Crippen LogP) is 4.43. The Labute approximate surface area is 102 Å². The average Bonchev–Trinajstić information content (AvgIpc) is 2.73. The number of hydrogen-bond acceptors (Lipinski definition) is 2. The molecule has 0 aliphatic rings. The van der Waals surface area contributed by atoms with Gasteiger partial charge in [-0.25, -0.2) is 0 Å². The van der Waals surface area contributed by atoms with E-state index < -0.39 is 0 Å². The van der Waals surface area contributed by atoms with E-state index in [9.17, 15) is 0 Å². The van der Waals surface area contributed by atoms with Gasteiger partial charge in [-0.3, -0.25) is 0 Å². The van der Waals surface area contributed by atoms with Crippen molar-refractivity contribution < 1.29 is 0 Å². The van der Waals surface area contributed by atoms with Gasteiger partial charge in [0.15, 0.2) is 0 Å². The van der Waals surface area contributed by atoms with Crippen LogP contribution in [0.25, 0.3) is 0 Å². The van der Waals surface area contributed by atoms with Crippen LogP contribution in [-0.4, -0.2) is 0 Å². The minimum Gasteiger partial charge on any atom is -0.379 e. The lowest BCUT2D eigenvalue weighted by Crippen LogP contribution is -1.98. The van der Waals surface area contributed by atoms with Gasteiger partial charge in [-0.15, -0.1) is 11.3 Å². The lowest BCUT2D eigenvalue weighted by atomic mass is 10.2. The van der Waals surface area contributed by atoms with Gasteiger partial charge in [-0.05, 0) is 45.9 Å². The highest BCUT2D eigenvalue weighted by atomic mass is 79.9. The minimum absolute atomic E-state index is 0.889. The van der Waals surface area contributed by atoms with Gasteiger partial charge in [0.05, 0.1) is 0 Å². The van der Waals surface area contributed by atoms with Crippen molar-refractivity contribution in [3.05, 3.63) is 50.6 Å². The molecular weight excluding hydrogens is 270 g/mol. The number of nitrogens with one attached hydrogen (secondary N) is 1. The highest BCUT2D eigenvalue weighted by molar-refractivity contribution is 9.10. The van der Waals surface area contributed by atoms with Crippen molar-refractivity contribution in [1.29, 1.82) is 0 Å². The van der Waals surface area contributed by atoms with Crippen LogP contribution in [-0.2, 0) is 6.54 Å². The van der Waals surface area contributed by atoms with Gasteiger partial charge in [0, 0.05) is 21.6 Å². The molecule has 1 aromatic heterocycles. The van der Waals surface area contributed by atoms with E-state index in [2.05, 4.69) is 63.9 Å². The first-order valence-corrected chi connectivity index (χ1v) is 6.46. The van der Waals surface area contributed by atoms with Gasteiger partial charge in [0.25, 0.3) is 0 Å². The van der Waals surface area contributed by atoms with Crippen LogP contribution >= 0.6 is 27.3 Å². The fourth-order valence-electron chi connectivity index (χ4n) is 1.38. The summed E-state index contributed by atoms with van der Waals surface area (Å²) in [6, 6.07) is 10.5. The second-order valence-corrected chi connectivity index (χ2v) is 5.19. The number of rotatable bonds is 3. The average molecular weight is 282 g/mol.